The summed E-state index contributed by atoms with van der Waals surface area (Å²) in [7, 11) is 4.39. The monoisotopic (exact) mass is 461 g/mol. The van der Waals surface area contributed by atoms with Crippen molar-refractivity contribution in [3.05, 3.63) is 83.9 Å². The van der Waals surface area contributed by atoms with Gasteiger partial charge in [0.1, 0.15) is 0 Å². The lowest BCUT2D eigenvalue weighted by Crippen LogP contribution is -2.07. The van der Waals surface area contributed by atoms with Crippen LogP contribution in [0.2, 0.25) is 0 Å². The molecule has 1 amide bonds. The molecule has 0 aromatic heterocycles. The van der Waals surface area contributed by atoms with E-state index in [4.69, 9.17) is 19.0 Å². The fraction of sp³-hybridized carbons (Fsp3) is 0.120. The minimum atomic E-state index is -0.583. The summed E-state index contributed by atoms with van der Waals surface area (Å²) in [6, 6.07) is 18.9. The molecule has 0 atom stereocenters. The van der Waals surface area contributed by atoms with Crippen LogP contribution in [-0.2, 0) is 9.63 Å². The molecule has 0 aliphatic heterocycles. The van der Waals surface area contributed by atoms with E-state index >= 15 is 0 Å². The molecule has 174 valence electrons. The third-order valence-electron chi connectivity index (χ3n) is 4.52. The molecule has 0 aliphatic rings. The molecule has 1 N–H and O–H groups in total. The van der Waals surface area contributed by atoms with Crippen LogP contribution < -0.4 is 19.7 Å². The highest BCUT2D eigenvalue weighted by atomic mass is 16.7. The number of amides is 1. The van der Waals surface area contributed by atoms with Crippen molar-refractivity contribution >= 4 is 29.3 Å². The fourth-order valence-corrected chi connectivity index (χ4v) is 2.83. The first-order valence-corrected chi connectivity index (χ1v) is 10.1. The van der Waals surface area contributed by atoms with E-state index in [2.05, 4.69) is 15.7 Å². The largest absolute Gasteiger partial charge is 0.493 e. The number of methoxy groups -OCH3 is 3. The van der Waals surface area contributed by atoms with Gasteiger partial charge in [0, 0.05) is 6.08 Å². The molecule has 3 aromatic rings. The number of benzene rings is 3. The van der Waals surface area contributed by atoms with Gasteiger partial charge < -0.3 is 19.0 Å². The molecule has 0 heterocycles. The molecule has 0 radical (unpaired) electrons. The summed E-state index contributed by atoms with van der Waals surface area (Å²) in [5.74, 6) is -0.0880. The normalized spacial score (nSPS) is 10.8. The van der Waals surface area contributed by atoms with E-state index in [0.29, 0.717) is 28.6 Å². The van der Waals surface area contributed by atoms with E-state index in [-0.39, 0.29) is 5.56 Å². The van der Waals surface area contributed by atoms with Gasteiger partial charge in [-0.15, -0.1) is 10.2 Å². The predicted octanol–water partition coefficient (Wildman–Crippen LogP) is 5.22. The minimum absolute atomic E-state index is 0.229. The van der Waals surface area contributed by atoms with Crippen LogP contribution >= 0.6 is 0 Å². The first-order chi connectivity index (χ1) is 16.5. The van der Waals surface area contributed by atoms with E-state index in [1.54, 1.807) is 30.3 Å². The zero-order valence-electron chi connectivity index (χ0n) is 18.8. The number of hydrogen-bond donors (Lipinski definition) is 1. The highest BCUT2D eigenvalue weighted by Gasteiger charge is 2.16. The van der Waals surface area contributed by atoms with Crippen LogP contribution in [0.4, 0.5) is 11.4 Å². The van der Waals surface area contributed by atoms with E-state index in [1.807, 2.05) is 30.3 Å². The SMILES string of the molecule is COc1cc(C(=O)N=Nc2ccc(NOC(=O)C=Cc3ccccc3)cc2)cc(OC)c1OC. The Labute approximate surface area is 196 Å². The summed E-state index contributed by atoms with van der Waals surface area (Å²) in [4.78, 5) is 29.3. The molecule has 3 aromatic carbocycles. The van der Waals surface area contributed by atoms with Crippen molar-refractivity contribution in [3.8, 4) is 17.2 Å². The summed E-state index contributed by atoms with van der Waals surface area (Å²) in [6.07, 6.45) is 2.97. The van der Waals surface area contributed by atoms with Gasteiger partial charge in [-0.3, -0.25) is 4.79 Å². The Balaban J connectivity index is 1.59. The van der Waals surface area contributed by atoms with E-state index in [0.717, 1.165) is 5.56 Å². The molecule has 0 bridgehead atoms. The molecule has 9 heteroatoms. The number of carbonyl (C=O) groups is 2. The maximum Gasteiger partial charge on any atom is 0.355 e. The first kappa shape index (κ1) is 24.0. The van der Waals surface area contributed by atoms with Crippen LogP contribution in [-0.4, -0.2) is 33.2 Å². The number of ether oxygens (including phenoxy) is 3. The Morgan fingerprint density at radius 3 is 2.09 bits per heavy atom. The summed E-state index contributed by atoms with van der Waals surface area (Å²) in [5.41, 5.74) is 4.62. The van der Waals surface area contributed by atoms with Gasteiger partial charge in [0.2, 0.25) is 5.75 Å². The topological polar surface area (TPSA) is 108 Å². The third-order valence-corrected chi connectivity index (χ3v) is 4.52. The summed E-state index contributed by atoms with van der Waals surface area (Å²) >= 11 is 0. The van der Waals surface area contributed by atoms with Crippen LogP contribution in [0, 0.1) is 0 Å². The molecular formula is C25H23N3O6. The number of anilines is 1. The third kappa shape index (κ3) is 6.42. The summed E-state index contributed by atoms with van der Waals surface area (Å²) in [5, 5.41) is 7.70. The van der Waals surface area contributed by atoms with Crippen molar-refractivity contribution in [2.24, 2.45) is 10.2 Å². The number of nitrogens with one attached hydrogen (secondary N) is 1. The lowest BCUT2D eigenvalue weighted by Gasteiger charge is -2.12. The van der Waals surface area contributed by atoms with Gasteiger partial charge in [0.05, 0.1) is 38.3 Å². The number of rotatable bonds is 9. The van der Waals surface area contributed by atoms with Crippen molar-refractivity contribution in [1.29, 1.82) is 0 Å². The molecule has 0 aliphatic carbocycles. The molecule has 0 spiro atoms. The number of hydrogen-bond acceptors (Lipinski definition) is 8. The molecule has 0 unspecified atom stereocenters. The average Bonchev–Trinajstić information content (AvgIpc) is 2.89. The molecular weight excluding hydrogens is 438 g/mol. The average molecular weight is 461 g/mol. The standard InChI is InChI=1S/C25H23N3O6/c1-31-21-15-18(16-22(32-2)24(21)33-3)25(30)27-26-19-10-12-20(13-11-19)28-34-23(29)14-9-17-7-5-4-6-8-17/h4-16,28H,1-3H3. The van der Waals surface area contributed by atoms with Gasteiger partial charge in [0.15, 0.2) is 11.5 Å². The van der Waals surface area contributed by atoms with Crippen molar-refractivity contribution in [1.82, 2.24) is 0 Å². The molecule has 0 saturated carbocycles. The van der Waals surface area contributed by atoms with Crippen LogP contribution in [0.3, 0.4) is 0 Å². The Morgan fingerprint density at radius 2 is 1.50 bits per heavy atom. The second kappa shape index (κ2) is 11.8. The molecule has 0 saturated heterocycles. The van der Waals surface area contributed by atoms with Crippen molar-refractivity contribution in [2.75, 3.05) is 26.8 Å². The Bertz CT molecular complexity index is 1170. The smallest absolute Gasteiger partial charge is 0.355 e. The van der Waals surface area contributed by atoms with Gasteiger partial charge in [-0.2, -0.15) is 0 Å². The van der Waals surface area contributed by atoms with Crippen molar-refractivity contribution in [2.45, 2.75) is 0 Å². The molecule has 34 heavy (non-hydrogen) atoms. The minimum Gasteiger partial charge on any atom is -0.493 e. The second-order valence-corrected chi connectivity index (χ2v) is 6.73. The van der Waals surface area contributed by atoms with Gasteiger partial charge >= 0.3 is 5.97 Å². The van der Waals surface area contributed by atoms with Crippen LogP contribution in [0.25, 0.3) is 6.08 Å². The number of nitrogens with zero attached hydrogens (tertiary/aromatic N) is 2. The number of azo groups is 1. The quantitative estimate of drug-likeness (QED) is 0.264. The Morgan fingerprint density at radius 1 is 0.853 bits per heavy atom. The zero-order valence-corrected chi connectivity index (χ0v) is 18.8. The molecule has 3 rings (SSSR count). The first-order valence-electron chi connectivity index (χ1n) is 10.1. The zero-order chi connectivity index (χ0) is 24.3. The van der Waals surface area contributed by atoms with E-state index < -0.39 is 11.9 Å². The van der Waals surface area contributed by atoms with E-state index in [9.17, 15) is 9.59 Å². The van der Waals surface area contributed by atoms with Crippen molar-refractivity contribution < 1.29 is 28.6 Å². The van der Waals surface area contributed by atoms with E-state index in [1.165, 1.54) is 39.5 Å². The summed E-state index contributed by atoms with van der Waals surface area (Å²) < 4.78 is 15.7. The van der Waals surface area contributed by atoms with Gasteiger partial charge in [-0.25, -0.2) is 10.3 Å². The Kier molecular flexibility index (Phi) is 8.34. The second-order valence-electron chi connectivity index (χ2n) is 6.73. The van der Waals surface area contributed by atoms with Gasteiger partial charge in [0.25, 0.3) is 5.91 Å². The molecule has 0 fully saturated rings. The van der Waals surface area contributed by atoms with Gasteiger partial charge in [-0.05, 0) is 48.0 Å². The van der Waals surface area contributed by atoms with Crippen LogP contribution in [0.15, 0.2) is 83.0 Å². The number of carbonyl (C=O) groups excluding carboxylic acids is 2. The predicted molar refractivity (Wildman–Crippen MR) is 127 cm³/mol. The lowest BCUT2D eigenvalue weighted by molar-refractivity contribution is -0.134. The highest BCUT2D eigenvalue weighted by molar-refractivity contribution is 5.96. The Hall–Kier alpha value is -4.66. The van der Waals surface area contributed by atoms with Crippen LogP contribution in [0.1, 0.15) is 15.9 Å². The van der Waals surface area contributed by atoms with Gasteiger partial charge in [-0.1, -0.05) is 30.3 Å². The van der Waals surface area contributed by atoms with Crippen LogP contribution in [0.5, 0.6) is 17.2 Å². The fourth-order valence-electron chi connectivity index (χ4n) is 2.83. The van der Waals surface area contributed by atoms with Crippen molar-refractivity contribution in [3.63, 3.8) is 0 Å². The lowest BCUT2D eigenvalue weighted by atomic mass is 10.1. The summed E-state index contributed by atoms with van der Waals surface area (Å²) in [6.45, 7) is 0. The highest BCUT2D eigenvalue weighted by Crippen LogP contribution is 2.38. The molecule has 9 nitrogen and oxygen atoms in total. The maximum absolute atomic E-state index is 12.5. The maximum atomic E-state index is 12.5.